The second-order valence-electron chi connectivity index (χ2n) is 3.74. The summed E-state index contributed by atoms with van der Waals surface area (Å²) >= 11 is 16.4. The normalized spacial score (nSPS) is 11.8. The molecular formula is C11H10Cl3N3O. The van der Waals surface area contributed by atoms with Crippen molar-refractivity contribution in [1.82, 2.24) is 14.9 Å². The molecule has 0 bridgehead atoms. The molecule has 0 aliphatic rings. The van der Waals surface area contributed by atoms with Gasteiger partial charge in [-0.2, -0.15) is 0 Å². The highest BCUT2D eigenvalue weighted by Gasteiger charge is 2.30. The number of para-hydroxylation sites is 2. The number of halogens is 3. The lowest BCUT2D eigenvalue weighted by Crippen LogP contribution is -2.35. The Labute approximate surface area is 119 Å². The van der Waals surface area contributed by atoms with E-state index in [0.717, 1.165) is 16.9 Å². The molecule has 0 aliphatic heterocycles. The van der Waals surface area contributed by atoms with Gasteiger partial charge in [0.05, 0.1) is 17.7 Å². The number of aromatic nitrogens is 2. The van der Waals surface area contributed by atoms with Crippen molar-refractivity contribution in [3.05, 3.63) is 30.1 Å². The Morgan fingerprint density at radius 1 is 1.39 bits per heavy atom. The minimum atomic E-state index is -1.95. The molecule has 96 valence electrons. The van der Waals surface area contributed by atoms with Crippen LogP contribution in [0.15, 0.2) is 24.3 Å². The molecule has 1 aromatic carbocycles. The van der Waals surface area contributed by atoms with Gasteiger partial charge >= 0.3 is 0 Å². The maximum atomic E-state index is 11.5. The summed E-state index contributed by atoms with van der Waals surface area (Å²) in [4.78, 5) is 15.8. The number of rotatable bonds is 2. The third kappa shape index (κ3) is 2.71. The average Bonchev–Trinajstić information content (AvgIpc) is 2.60. The molecule has 0 saturated heterocycles. The van der Waals surface area contributed by atoms with E-state index in [4.69, 9.17) is 34.8 Å². The standard InChI is InChI=1S/C11H10Cl3N3O/c1-7-16-8-4-2-3-5-9(8)17(7)6-15-10(18)11(12,13)14/h2-5H,6H2,1H3,(H,15,18). The van der Waals surface area contributed by atoms with Crippen molar-refractivity contribution in [3.63, 3.8) is 0 Å². The molecule has 1 N–H and O–H groups in total. The van der Waals surface area contributed by atoms with E-state index in [2.05, 4.69) is 10.3 Å². The SMILES string of the molecule is Cc1nc2ccccc2n1CNC(=O)C(Cl)(Cl)Cl. The molecule has 7 heteroatoms. The van der Waals surface area contributed by atoms with E-state index in [1.807, 2.05) is 35.8 Å². The quantitative estimate of drug-likeness (QED) is 0.867. The molecule has 2 aromatic rings. The zero-order valence-electron chi connectivity index (χ0n) is 9.45. The molecule has 0 atom stereocenters. The molecule has 0 unspecified atom stereocenters. The Balaban J connectivity index is 2.22. The molecule has 1 amide bonds. The monoisotopic (exact) mass is 305 g/mol. The molecule has 0 spiro atoms. The Bertz CT molecular complexity index is 589. The number of nitrogens with zero attached hydrogens (tertiary/aromatic N) is 2. The number of benzene rings is 1. The summed E-state index contributed by atoms with van der Waals surface area (Å²) in [5.74, 6) is 0.116. The van der Waals surface area contributed by atoms with Crippen LogP contribution < -0.4 is 5.32 Å². The van der Waals surface area contributed by atoms with Crippen molar-refractivity contribution in [2.75, 3.05) is 0 Å². The second-order valence-corrected chi connectivity index (χ2v) is 6.02. The Morgan fingerprint density at radius 3 is 2.72 bits per heavy atom. The summed E-state index contributed by atoms with van der Waals surface area (Å²) in [5.41, 5.74) is 1.78. The van der Waals surface area contributed by atoms with E-state index in [9.17, 15) is 4.79 Å². The van der Waals surface area contributed by atoms with E-state index >= 15 is 0 Å². The first-order chi connectivity index (χ1) is 8.39. The molecule has 0 radical (unpaired) electrons. The van der Waals surface area contributed by atoms with Gasteiger partial charge in [-0.05, 0) is 19.1 Å². The van der Waals surface area contributed by atoms with Crippen LogP contribution in [-0.4, -0.2) is 19.3 Å². The lowest BCUT2D eigenvalue weighted by Gasteiger charge is -2.13. The summed E-state index contributed by atoms with van der Waals surface area (Å²) < 4.78 is -0.117. The zero-order chi connectivity index (χ0) is 13.3. The molecule has 0 aliphatic carbocycles. The minimum absolute atomic E-state index is 0.207. The van der Waals surface area contributed by atoms with E-state index in [1.54, 1.807) is 0 Å². The lowest BCUT2D eigenvalue weighted by atomic mass is 10.3. The maximum absolute atomic E-state index is 11.5. The first kappa shape index (κ1) is 13.5. The number of amides is 1. The number of fused-ring (bicyclic) bond motifs is 1. The van der Waals surface area contributed by atoms with E-state index < -0.39 is 9.70 Å². The van der Waals surface area contributed by atoms with Crippen LogP contribution in [0.3, 0.4) is 0 Å². The highest BCUT2D eigenvalue weighted by Crippen LogP contribution is 2.26. The van der Waals surface area contributed by atoms with Crippen molar-refractivity contribution in [1.29, 1.82) is 0 Å². The summed E-state index contributed by atoms with van der Waals surface area (Å²) in [5, 5.41) is 2.55. The molecular weight excluding hydrogens is 296 g/mol. The number of hydrogen-bond acceptors (Lipinski definition) is 2. The first-order valence-corrected chi connectivity index (χ1v) is 6.30. The Hall–Kier alpha value is -0.970. The Kier molecular flexibility index (Phi) is 3.71. The molecule has 0 fully saturated rings. The van der Waals surface area contributed by atoms with Crippen LogP contribution in [-0.2, 0) is 11.5 Å². The van der Waals surface area contributed by atoms with E-state index in [1.165, 1.54) is 0 Å². The van der Waals surface area contributed by atoms with Crippen LogP contribution in [0.5, 0.6) is 0 Å². The molecule has 0 saturated carbocycles. The first-order valence-electron chi connectivity index (χ1n) is 5.16. The highest BCUT2D eigenvalue weighted by molar-refractivity contribution is 6.76. The molecule has 18 heavy (non-hydrogen) atoms. The van der Waals surface area contributed by atoms with Gasteiger partial charge in [-0.3, -0.25) is 4.79 Å². The third-order valence-electron chi connectivity index (χ3n) is 2.50. The molecule has 4 nitrogen and oxygen atoms in total. The fourth-order valence-electron chi connectivity index (χ4n) is 1.65. The van der Waals surface area contributed by atoms with Crippen LogP contribution >= 0.6 is 34.8 Å². The van der Waals surface area contributed by atoms with Gasteiger partial charge in [0.1, 0.15) is 5.82 Å². The lowest BCUT2D eigenvalue weighted by molar-refractivity contribution is -0.120. The van der Waals surface area contributed by atoms with E-state index in [-0.39, 0.29) is 6.67 Å². The van der Waals surface area contributed by atoms with Crippen molar-refractivity contribution in [2.24, 2.45) is 0 Å². The van der Waals surface area contributed by atoms with Gasteiger partial charge in [0.25, 0.3) is 9.70 Å². The van der Waals surface area contributed by atoms with Crippen LogP contribution in [0.4, 0.5) is 0 Å². The van der Waals surface area contributed by atoms with Crippen molar-refractivity contribution in [2.45, 2.75) is 17.4 Å². The summed E-state index contributed by atoms with van der Waals surface area (Å²) in [6.45, 7) is 2.06. The number of imidazole rings is 1. The van der Waals surface area contributed by atoms with Crippen LogP contribution in [0.25, 0.3) is 11.0 Å². The predicted octanol–water partition coefficient (Wildman–Crippen LogP) is 2.79. The molecule has 1 heterocycles. The van der Waals surface area contributed by atoms with Gasteiger partial charge in [-0.15, -0.1) is 0 Å². The van der Waals surface area contributed by atoms with Crippen molar-refractivity contribution >= 4 is 51.7 Å². The fourth-order valence-corrected chi connectivity index (χ4v) is 1.85. The number of carbonyl (C=O) groups is 1. The highest BCUT2D eigenvalue weighted by atomic mass is 35.6. The minimum Gasteiger partial charge on any atom is -0.334 e. The largest absolute Gasteiger partial charge is 0.334 e. The topological polar surface area (TPSA) is 46.9 Å². The van der Waals surface area contributed by atoms with Gasteiger partial charge in [-0.25, -0.2) is 4.98 Å². The smallest absolute Gasteiger partial charge is 0.273 e. The fraction of sp³-hybridized carbons (Fsp3) is 0.273. The van der Waals surface area contributed by atoms with Crippen LogP contribution in [0.2, 0.25) is 0 Å². The van der Waals surface area contributed by atoms with E-state index in [0.29, 0.717) is 0 Å². The van der Waals surface area contributed by atoms with Crippen molar-refractivity contribution < 1.29 is 4.79 Å². The number of alkyl halides is 3. The van der Waals surface area contributed by atoms with Crippen molar-refractivity contribution in [3.8, 4) is 0 Å². The zero-order valence-corrected chi connectivity index (χ0v) is 11.7. The molecule has 2 rings (SSSR count). The Morgan fingerprint density at radius 2 is 2.06 bits per heavy atom. The van der Waals surface area contributed by atoms with Gasteiger partial charge in [-0.1, -0.05) is 46.9 Å². The summed E-state index contributed by atoms with van der Waals surface area (Å²) in [6, 6.07) is 7.61. The number of nitrogens with one attached hydrogen (secondary N) is 1. The van der Waals surface area contributed by atoms with Gasteiger partial charge in [0, 0.05) is 0 Å². The van der Waals surface area contributed by atoms with Gasteiger partial charge in [0.15, 0.2) is 0 Å². The number of aryl methyl sites for hydroxylation is 1. The summed E-state index contributed by atoms with van der Waals surface area (Å²) in [7, 11) is 0. The number of carbonyl (C=O) groups excluding carboxylic acids is 1. The average molecular weight is 307 g/mol. The maximum Gasteiger partial charge on any atom is 0.273 e. The molecule has 1 aromatic heterocycles. The predicted molar refractivity (Wildman–Crippen MR) is 72.9 cm³/mol. The number of hydrogen-bond donors (Lipinski definition) is 1. The second kappa shape index (κ2) is 4.96. The third-order valence-corrected chi connectivity index (χ3v) is 3.02. The van der Waals surface area contributed by atoms with Crippen LogP contribution in [0, 0.1) is 6.92 Å². The van der Waals surface area contributed by atoms with Gasteiger partial charge < -0.3 is 9.88 Å². The van der Waals surface area contributed by atoms with Crippen LogP contribution in [0.1, 0.15) is 5.82 Å². The van der Waals surface area contributed by atoms with Gasteiger partial charge in [0.2, 0.25) is 0 Å². The summed E-state index contributed by atoms with van der Waals surface area (Å²) in [6.07, 6.45) is 0.